The Labute approximate surface area is 126 Å². The molecule has 1 saturated heterocycles. The van der Waals surface area contributed by atoms with E-state index in [0.717, 1.165) is 13.2 Å². The van der Waals surface area contributed by atoms with E-state index in [1.54, 1.807) is 7.11 Å². The van der Waals surface area contributed by atoms with E-state index >= 15 is 0 Å². The van der Waals surface area contributed by atoms with E-state index in [0.29, 0.717) is 16.6 Å². The second-order valence-electron chi connectivity index (χ2n) is 7.85. The van der Waals surface area contributed by atoms with Gasteiger partial charge in [-0.3, -0.25) is 5.01 Å². The van der Waals surface area contributed by atoms with Crippen LogP contribution in [0.4, 0.5) is 0 Å². The Morgan fingerprint density at radius 1 is 1.40 bits per heavy atom. The van der Waals surface area contributed by atoms with Crippen molar-refractivity contribution < 1.29 is 4.74 Å². The first-order chi connectivity index (χ1) is 9.11. The molecule has 0 aromatic rings. The highest BCUT2D eigenvalue weighted by Crippen LogP contribution is 2.44. The maximum absolute atomic E-state index is 5.32. The quantitative estimate of drug-likeness (QED) is 0.556. The molecule has 0 bridgehead atoms. The van der Waals surface area contributed by atoms with E-state index in [-0.39, 0.29) is 0 Å². The van der Waals surface area contributed by atoms with Gasteiger partial charge in [-0.05, 0) is 30.3 Å². The van der Waals surface area contributed by atoms with Gasteiger partial charge in [0.25, 0.3) is 0 Å². The van der Waals surface area contributed by atoms with Crippen LogP contribution in [0, 0.1) is 0 Å². The van der Waals surface area contributed by atoms with E-state index in [2.05, 4.69) is 52.7 Å². The van der Waals surface area contributed by atoms with Gasteiger partial charge in [-0.2, -0.15) is 5.10 Å². The van der Waals surface area contributed by atoms with Gasteiger partial charge in [-0.1, -0.05) is 40.8 Å². The van der Waals surface area contributed by atoms with Gasteiger partial charge in [0.2, 0.25) is 0 Å². The van der Waals surface area contributed by atoms with E-state index in [1.807, 2.05) is 0 Å². The molecule has 0 N–H and O–H groups in total. The van der Waals surface area contributed by atoms with Crippen LogP contribution in [0.25, 0.3) is 0 Å². The third-order valence-electron chi connectivity index (χ3n) is 5.63. The largest absolute Gasteiger partial charge is 0.382 e. The minimum absolute atomic E-state index is 0.403. The summed E-state index contributed by atoms with van der Waals surface area (Å²) < 4.78 is 5.32. The van der Waals surface area contributed by atoms with Crippen LogP contribution in [0.5, 0.6) is 0 Å². The summed E-state index contributed by atoms with van der Waals surface area (Å²) in [6, 6.07) is 0.474. The monoisotopic (exact) mass is 298 g/mol. The molecule has 0 radical (unpaired) electrons. The van der Waals surface area contributed by atoms with Crippen molar-refractivity contribution in [3.05, 3.63) is 0 Å². The topological polar surface area (TPSA) is 24.8 Å². The van der Waals surface area contributed by atoms with Crippen LogP contribution in [-0.4, -0.2) is 45.1 Å². The molecule has 1 aliphatic heterocycles. The fourth-order valence-corrected chi connectivity index (χ4v) is 5.18. The maximum atomic E-state index is 5.32. The summed E-state index contributed by atoms with van der Waals surface area (Å²) >= 11 is 0. The second kappa shape index (κ2) is 6.61. The first kappa shape index (κ1) is 17.7. The van der Waals surface area contributed by atoms with Crippen LogP contribution in [0.15, 0.2) is 5.10 Å². The van der Waals surface area contributed by atoms with Gasteiger partial charge < -0.3 is 4.74 Å². The summed E-state index contributed by atoms with van der Waals surface area (Å²) in [4.78, 5) is 0. The van der Waals surface area contributed by atoms with Gasteiger partial charge in [0.15, 0.2) is 0 Å². The highest BCUT2D eigenvalue weighted by Gasteiger charge is 2.41. The number of methoxy groups -OCH3 is 1. The molecule has 0 aliphatic carbocycles. The van der Waals surface area contributed by atoms with Crippen molar-refractivity contribution in [1.29, 1.82) is 0 Å². The molecule has 1 aliphatic rings. The number of hydrogen-bond donors (Lipinski definition) is 0. The van der Waals surface area contributed by atoms with Crippen LogP contribution in [0.3, 0.4) is 0 Å². The average Bonchev–Trinajstić information content (AvgIpc) is 2.74. The Morgan fingerprint density at radius 2 is 2.00 bits per heavy atom. The summed E-state index contributed by atoms with van der Waals surface area (Å²) in [7, 11) is 0.411. The summed E-state index contributed by atoms with van der Waals surface area (Å²) in [6.45, 7) is 18.6. The number of nitrogens with zero attached hydrogens (tertiary/aromatic N) is 2. The molecule has 0 aromatic heterocycles. The second-order valence-corrected chi connectivity index (χ2v) is 13.7. The minimum Gasteiger partial charge on any atom is -0.382 e. The SMILES string of the molecule is COC[C@H]1CCCN1/N=C(\C)C(C)[Si](C)(C)C(C)(C)C. The minimum atomic E-state index is -1.37. The molecule has 3 nitrogen and oxygen atoms in total. The third kappa shape index (κ3) is 3.85. The molecule has 2 atom stereocenters. The van der Waals surface area contributed by atoms with Crippen molar-refractivity contribution >= 4 is 13.8 Å². The number of hydrazone groups is 1. The molecule has 0 saturated carbocycles. The van der Waals surface area contributed by atoms with Crippen LogP contribution in [0.2, 0.25) is 23.7 Å². The van der Waals surface area contributed by atoms with Gasteiger partial charge in [-0.15, -0.1) is 0 Å². The lowest BCUT2D eigenvalue weighted by Crippen LogP contribution is -2.44. The molecule has 1 heterocycles. The molecule has 0 amide bonds. The molecule has 1 unspecified atom stereocenters. The van der Waals surface area contributed by atoms with Gasteiger partial charge >= 0.3 is 0 Å². The van der Waals surface area contributed by atoms with E-state index < -0.39 is 8.07 Å². The highest BCUT2D eigenvalue weighted by atomic mass is 28.3. The van der Waals surface area contributed by atoms with Gasteiger partial charge in [0, 0.05) is 19.4 Å². The summed E-state index contributed by atoms with van der Waals surface area (Å²) in [6.07, 6.45) is 2.44. The molecule has 118 valence electrons. The summed E-state index contributed by atoms with van der Waals surface area (Å²) in [5.41, 5.74) is 1.91. The Kier molecular flexibility index (Phi) is 5.85. The predicted octanol–water partition coefficient (Wildman–Crippen LogP) is 4.37. The van der Waals surface area contributed by atoms with Gasteiger partial charge in [-0.25, -0.2) is 0 Å². The Hall–Kier alpha value is -0.353. The fourth-order valence-electron chi connectivity index (χ4n) is 2.77. The molecule has 20 heavy (non-hydrogen) atoms. The first-order valence-electron chi connectivity index (χ1n) is 7.92. The lowest BCUT2D eigenvalue weighted by Gasteiger charge is -2.42. The number of ether oxygens (including phenoxy) is 1. The van der Waals surface area contributed by atoms with Crippen LogP contribution in [0.1, 0.15) is 47.5 Å². The van der Waals surface area contributed by atoms with Crippen molar-refractivity contribution in [2.45, 2.75) is 77.2 Å². The molecular weight excluding hydrogens is 264 g/mol. The zero-order valence-corrected chi connectivity index (χ0v) is 15.8. The molecule has 0 aromatic carbocycles. The first-order valence-corrected chi connectivity index (χ1v) is 11.0. The van der Waals surface area contributed by atoms with Crippen molar-refractivity contribution in [3.63, 3.8) is 0 Å². The third-order valence-corrected chi connectivity index (χ3v) is 12.1. The Morgan fingerprint density at radius 3 is 2.50 bits per heavy atom. The van der Waals surface area contributed by atoms with E-state index in [9.17, 15) is 0 Å². The molecule has 1 rings (SSSR count). The van der Waals surface area contributed by atoms with Crippen molar-refractivity contribution in [2.24, 2.45) is 5.10 Å². The van der Waals surface area contributed by atoms with Crippen molar-refractivity contribution in [3.8, 4) is 0 Å². The smallest absolute Gasteiger partial charge is 0.0704 e. The van der Waals surface area contributed by atoms with Gasteiger partial charge in [0.05, 0.1) is 20.7 Å². The Bertz CT molecular complexity index is 347. The number of hydrogen-bond acceptors (Lipinski definition) is 3. The zero-order valence-electron chi connectivity index (χ0n) is 14.8. The van der Waals surface area contributed by atoms with Crippen LogP contribution in [-0.2, 0) is 4.74 Å². The van der Waals surface area contributed by atoms with Crippen molar-refractivity contribution in [2.75, 3.05) is 20.3 Å². The summed E-state index contributed by atoms with van der Waals surface area (Å²) in [5.74, 6) is 0. The normalized spacial score (nSPS) is 23.3. The maximum Gasteiger partial charge on any atom is 0.0704 e. The van der Waals surface area contributed by atoms with Crippen LogP contribution >= 0.6 is 0 Å². The predicted molar refractivity (Wildman–Crippen MR) is 91.3 cm³/mol. The standard InChI is InChI=1S/C16H34N2OSi/c1-13(14(2)20(7,8)16(3,4)5)17-18-11-9-10-15(18)12-19-6/h14-15H,9-12H2,1-8H3/b17-13+/t14?,15-/m1/s1. The fraction of sp³-hybridized carbons (Fsp3) is 0.938. The molecular formula is C16H34N2OSi. The molecule has 4 heteroatoms. The van der Waals surface area contributed by atoms with Gasteiger partial charge in [0.1, 0.15) is 0 Å². The Balaban J connectivity index is 2.83. The highest BCUT2D eigenvalue weighted by molar-refractivity contribution is 6.84. The lowest BCUT2D eigenvalue weighted by atomic mass is 10.2. The van der Waals surface area contributed by atoms with Crippen molar-refractivity contribution in [1.82, 2.24) is 5.01 Å². The zero-order chi connectivity index (χ0) is 15.6. The van der Waals surface area contributed by atoms with E-state index in [4.69, 9.17) is 9.84 Å². The lowest BCUT2D eigenvalue weighted by molar-refractivity contribution is 0.117. The molecule has 0 spiro atoms. The van der Waals surface area contributed by atoms with E-state index in [1.165, 1.54) is 18.6 Å². The van der Waals surface area contributed by atoms with Crippen LogP contribution < -0.4 is 0 Å². The summed E-state index contributed by atoms with van der Waals surface area (Å²) in [5, 5.41) is 7.63. The number of rotatable bonds is 5. The molecule has 1 fully saturated rings. The average molecular weight is 299 g/mol.